The molecule has 6 nitrogen and oxygen atoms in total. The van der Waals surface area contributed by atoms with Gasteiger partial charge in [-0.1, -0.05) is 59.8 Å². The maximum Gasteiger partial charge on any atom is 0.344 e. The standard InChI is InChI=1S/C29H26INO5S/c1-4-35-29(33)25-26(32)24(37-28(25)31-21-8-6-5-7-9-21)16-20-14-22(30)27(23(15-20)34-3)36-17-19-12-10-18(2)11-13-19/h5-16,32H,4,17H2,1-3H3/b24-16-,31-28?. The van der Waals surface area contributed by atoms with E-state index in [1.165, 1.54) is 17.3 Å². The lowest BCUT2D eigenvalue weighted by Crippen LogP contribution is -2.12. The van der Waals surface area contributed by atoms with Crippen LogP contribution >= 0.6 is 34.4 Å². The summed E-state index contributed by atoms with van der Waals surface area (Å²) in [5.74, 6) is 0.439. The molecule has 0 saturated carbocycles. The Labute approximate surface area is 234 Å². The van der Waals surface area contributed by atoms with Crippen molar-refractivity contribution in [2.24, 2.45) is 4.99 Å². The Kier molecular flexibility index (Phi) is 8.94. The largest absolute Gasteiger partial charge is 0.506 e. The zero-order valence-electron chi connectivity index (χ0n) is 20.7. The van der Waals surface area contributed by atoms with Crippen molar-refractivity contribution in [3.05, 3.63) is 103 Å². The van der Waals surface area contributed by atoms with Crippen LogP contribution in [0.2, 0.25) is 0 Å². The molecule has 3 aromatic carbocycles. The van der Waals surface area contributed by atoms with Crippen LogP contribution in [0.15, 0.2) is 88.0 Å². The number of carbonyl (C=O) groups is 1. The van der Waals surface area contributed by atoms with Gasteiger partial charge >= 0.3 is 5.97 Å². The van der Waals surface area contributed by atoms with Crippen LogP contribution in [0, 0.1) is 10.5 Å². The van der Waals surface area contributed by atoms with Crippen molar-refractivity contribution >= 4 is 57.1 Å². The average molecular weight is 628 g/mol. The monoisotopic (exact) mass is 627 g/mol. The molecule has 1 aliphatic rings. The Morgan fingerprint density at radius 1 is 1.11 bits per heavy atom. The number of hydrogen-bond acceptors (Lipinski definition) is 7. The van der Waals surface area contributed by atoms with Crippen molar-refractivity contribution in [1.29, 1.82) is 0 Å². The van der Waals surface area contributed by atoms with E-state index in [4.69, 9.17) is 14.2 Å². The molecule has 8 heteroatoms. The fourth-order valence-corrected chi connectivity index (χ4v) is 5.38. The molecule has 37 heavy (non-hydrogen) atoms. The first-order chi connectivity index (χ1) is 17.9. The zero-order chi connectivity index (χ0) is 26.4. The molecular weight excluding hydrogens is 601 g/mol. The molecule has 0 saturated heterocycles. The number of esters is 1. The van der Waals surface area contributed by atoms with E-state index in [1.54, 1.807) is 20.1 Å². The second-order valence-corrected chi connectivity index (χ2v) is 10.3. The summed E-state index contributed by atoms with van der Waals surface area (Å²) in [6, 6.07) is 21.2. The number of rotatable bonds is 8. The minimum Gasteiger partial charge on any atom is -0.506 e. The number of thioether (sulfide) groups is 1. The van der Waals surface area contributed by atoms with Crippen LogP contribution in [0.4, 0.5) is 5.69 Å². The summed E-state index contributed by atoms with van der Waals surface area (Å²) in [5, 5.41) is 11.4. The summed E-state index contributed by atoms with van der Waals surface area (Å²) in [6.45, 7) is 4.37. The zero-order valence-corrected chi connectivity index (χ0v) is 23.6. The Morgan fingerprint density at radius 3 is 2.51 bits per heavy atom. The molecule has 1 N–H and O–H groups in total. The lowest BCUT2D eigenvalue weighted by Gasteiger charge is -2.14. The number of methoxy groups -OCH3 is 1. The highest BCUT2D eigenvalue weighted by molar-refractivity contribution is 14.1. The summed E-state index contributed by atoms with van der Waals surface area (Å²) in [4.78, 5) is 17.7. The van der Waals surface area contributed by atoms with E-state index in [0.717, 1.165) is 14.7 Å². The first kappa shape index (κ1) is 26.8. The SMILES string of the molecule is CCOC(=O)C1=C(O)/C(=C/c2cc(I)c(OCc3ccc(C)cc3)c(OC)c2)SC1=Nc1ccccc1. The van der Waals surface area contributed by atoms with E-state index in [1.807, 2.05) is 61.5 Å². The predicted octanol–water partition coefficient (Wildman–Crippen LogP) is 7.38. The van der Waals surface area contributed by atoms with Crippen molar-refractivity contribution in [3.8, 4) is 11.5 Å². The number of aliphatic imine (C=N–C) groups is 1. The number of carbonyl (C=O) groups excluding carboxylic acids is 1. The number of benzene rings is 3. The smallest absolute Gasteiger partial charge is 0.344 e. The van der Waals surface area contributed by atoms with Crippen LogP contribution < -0.4 is 9.47 Å². The van der Waals surface area contributed by atoms with E-state index in [2.05, 4.69) is 39.7 Å². The quantitative estimate of drug-likeness (QED) is 0.208. The van der Waals surface area contributed by atoms with Crippen molar-refractivity contribution < 1.29 is 24.1 Å². The molecule has 0 aliphatic carbocycles. The van der Waals surface area contributed by atoms with Crippen LogP contribution in [0.3, 0.4) is 0 Å². The highest BCUT2D eigenvalue weighted by atomic mass is 127. The molecule has 0 radical (unpaired) electrons. The van der Waals surface area contributed by atoms with Crippen LogP contribution in [0.1, 0.15) is 23.6 Å². The third-order valence-electron chi connectivity index (χ3n) is 5.41. The molecule has 0 spiro atoms. The molecule has 0 unspecified atom stereocenters. The second-order valence-electron chi connectivity index (χ2n) is 8.12. The number of halogens is 1. The van der Waals surface area contributed by atoms with Gasteiger partial charge in [0.15, 0.2) is 11.5 Å². The van der Waals surface area contributed by atoms with Gasteiger partial charge in [-0.2, -0.15) is 0 Å². The van der Waals surface area contributed by atoms with Gasteiger partial charge in [-0.25, -0.2) is 9.79 Å². The van der Waals surface area contributed by atoms with E-state index in [9.17, 15) is 9.90 Å². The number of hydrogen-bond donors (Lipinski definition) is 1. The lowest BCUT2D eigenvalue weighted by molar-refractivity contribution is -0.138. The van der Waals surface area contributed by atoms with E-state index in [-0.39, 0.29) is 17.9 Å². The van der Waals surface area contributed by atoms with Crippen molar-refractivity contribution in [1.82, 2.24) is 0 Å². The topological polar surface area (TPSA) is 77.4 Å². The molecule has 0 aromatic heterocycles. The Balaban J connectivity index is 1.65. The lowest BCUT2D eigenvalue weighted by atomic mass is 10.1. The second kappa shape index (κ2) is 12.3. The fourth-order valence-electron chi connectivity index (χ4n) is 3.57. The van der Waals surface area contributed by atoms with Gasteiger partial charge in [0, 0.05) is 0 Å². The summed E-state index contributed by atoms with van der Waals surface area (Å²) in [7, 11) is 1.59. The Morgan fingerprint density at radius 2 is 1.84 bits per heavy atom. The minimum absolute atomic E-state index is 0.0571. The summed E-state index contributed by atoms with van der Waals surface area (Å²) in [5.41, 5.74) is 3.76. The molecule has 0 bridgehead atoms. The summed E-state index contributed by atoms with van der Waals surface area (Å²) < 4.78 is 17.8. The van der Waals surface area contributed by atoms with E-state index in [0.29, 0.717) is 33.7 Å². The third kappa shape index (κ3) is 6.56. The Hall–Kier alpha value is -3.24. The van der Waals surface area contributed by atoms with Crippen LogP contribution in [-0.4, -0.2) is 29.8 Å². The van der Waals surface area contributed by atoms with E-state index < -0.39 is 5.97 Å². The third-order valence-corrected chi connectivity index (χ3v) is 7.23. The van der Waals surface area contributed by atoms with Gasteiger partial charge in [-0.15, -0.1) is 0 Å². The van der Waals surface area contributed by atoms with Gasteiger partial charge in [-0.05, 0) is 77.9 Å². The van der Waals surface area contributed by atoms with Gasteiger partial charge in [0.25, 0.3) is 0 Å². The van der Waals surface area contributed by atoms with Crippen LogP contribution in [0.5, 0.6) is 11.5 Å². The van der Waals surface area contributed by atoms with Crippen molar-refractivity contribution in [2.75, 3.05) is 13.7 Å². The van der Waals surface area contributed by atoms with Gasteiger partial charge in [0.05, 0.1) is 27.9 Å². The molecule has 4 rings (SSSR count). The highest BCUT2D eigenvalue weighted by Crippen LogP contribution is 2.42. The first-order valence-corrected chi connectivity index (χ1v) is 13.5. The normalized spacial score (nSPS) is 15.4. The average Bonchev–Trinajstić information content (AvgIpc) is 3.19. The number of aliphatic hydroxyl groups excluding tert-OH is 1. The maximum atomic E-state index is 12.7. The number of aryl methyl sites for hydroxylation is 1. The molecule has 0 atom stereocenters. The molecule has 3 aromatic rings. The number of para-hydroxylation sites is 1. The number of nitrogens with zero attached hydrogens (tertiary/aromatic N) is 1. The molecule has 1 heterocycles. The van der Waals surface area contributed by atoms with E-state index >= 15 is 0 Å². The van der Waals surface area contributed by atoms with Crippen molar-refractivity contribution in [3.63, 3.8) is 0 Å². The highest BCUT2D eigenvalue weighted by Gasteiger charge is 2.33. The van der Waals surface area contributed by atoms with Gasteiger partial charge in [-0.3, -0.25) is 0 Å². The molecule has 0 amide bonds. The number of ether oxygens (including phenoxy) is 3. The first-order valence-electron chi connectivity index (χ1n) is 11.6. The summed E-state index contributed by atoms with van der Waals surface area (Å²) in [6.07, 6.45) is 1.79. The van der Waals surface area contributed by atoms with Crippen LogP contribution in [0.25, 0.3) is 6.08 Å². The molecule has 0 fully saturated rings. The fraction of sp³-hybridized carbons (Fsp3) is 0.172. The van der Waals surface area contributed by atoms with Crippen LogP contribution in [-0.2, 0) is 16.1 Å². The molecular formula is C29H26INO5S. The van der Waals surface area contributed by atoms with Gasteiger partial charge in [0.1, 0.15) is 23.0 Å². The minimum atomic E-state index is -0.613. The summed E-state index contributed by atoms with van der Waals surface area (Å²) >= 11 is 3.42. The molecule has 1 aliphatic heterocycles. The van der Waals surface area contributed by atoms with Crippen molar-refractivity contribution in [2.45, 2.75) is 20.5 Å². The molecule has 190 valence electrons. The van der Waals surface area contributed by atoms with Gasteiger partial charge < -0.3 is 19.3 Å². The maximum absolute atomic E-state index is 12.7. The predicted molar refractivity (Wildman–Crippen MR) is 157 cm³/mol. The van der Waals surface area contributed by atoms with Gasteiger partial charge in [0.2, 0.25) is 0 Å². The Bertz CT molecular complexity index is 1380. The number of aliphatic hydroxyl groups is 1.